The zero-order valence-electron chi connectivity index (χ0n) is 9.76. The molecule has 4 nitrogen and oxygen atoms in total. The third-order valence-electron chi connectivity index (χ3n) is 3.10. The lowest BCUT2D eigenvalue weighted by Gasteiger charge is -2.26. The second-order valence-corrected chi connectivity index (χ2v) is 4.41. The van der Waals surface area contributed by atoms with Crippen LogP contribution in [0.25, 0.3) is 10.9 Å². The highest BCUT2D eigenvalue weighted by Crippen LogP contribution is 2.14. The number of hydrazine groups is 1. The van der Waals surface area contributed by atoms with Gasteiger partial charge in [-0.1, -0.05) is 24.6 Å². The summed E-state index contributed by atoms with van der Waals surface area (Å²) >= 11 is 0. The maximum atomic E-state index is 4.51. The van der Waals surface area contributed by atoms with Crippen molar-refractivity contribution in [2.24, 2.45) is 0 Å². The first-order valence-electron chi connectivity index (χ1n) is 6.15. The lowest BCUT2D eigenvalue weighted by molar-refractivity contribution is 0.271. The van der Waals surface area contributed by atoms with Crippen LogP contribution in [0.5, 0.6) is 0 Å². The Balaban J connectivity index is 1.80. The standard InChI is InChI=1S/C13H16N4/c1-4-8-17(9-5-1)16-13-14-10-11-6-2-3-7-12(11)15-13/h2-3,6-7,10H,1,4-5,8-9H2,(H,14,15,16). The van der Waals surface area contributed by atoms with Gasteiger partial charge in [0.05, 0.1) is 5.52 Å². The number of rotatable bonds is 2. The van der Waals surface area contributed by atoms with Crippen LogP contribution in [0.4, 0.5) is 5.95 Å². The number of fused-ring (bicyclic) bond motifs is 1. The van der Waals surface area contributed by atoms with Crippen LogP contribution in [0.15, 0.2) is 30.5 Å². The highest BCUT2D eigenvalue weighted by Gasteiger charge is 2.10. The van der Waals surface area contributed by atoms with Gasteiger partial charge >= 0.3 is 0 Å². The molecule has 0 bridgehead atoms. The molecule has 1 N–H and O–H groups in total. The monoisotopic (exact) mass is 228 g/mol. The minimum atomic E-state index is 0.700. The van der Waals surface area contributed by atoms with Gasteiger partial charge in [-0.3, -0.25) is 5.43 Å². The van der Waals surface area contributed by atoms with Crippen molar-refractivity contribution in [1.82, 2.24) is 15.0 Å². The van der Waals surface area contributed by atoms with Gasteiger partial charge in [0, 0.05) is 24.7 Å². The van der Waals surface area contributed by atoms with Gasteiger partial charge in [0.2, 0.25) is 5.95 Å². The summed E-state index contributed by atoms with van der Waals surface area (Å²) in [7, 11) is 0. The summed E-state index contributed by atoms with van der Waals surface area (Å²) in [5.74, 6) is 0.700. The van der Waals surface area contributed by atoms with Crippen LogP contribution in [0.3, 0.4) is 0 Å². The van der Waals surface area contributed by atoms with Crippen molar-refractivity contribution in [3.05, 3.63) is 30.5 Å². The number of para-hydroxylation sites is 1. The smallest absolute Gasteiger partial charge is 0.238 e. The fourth-order valence-electron chi connectivity index (χ4n) is 2.17. The zero-order valence-corrected chi connectivity index (χ0v) is 9.76. The molecule has 1 aromatic heterocycles. The molecule has 0 radical (unpaired) electrons. The SMILES string of the molecule is c1ccc2nc(NN3CCCCC3)ncc2c1. The highest BCUT2D eigenvalue weighted by molar-refractivity contribution is 5.78. The molecule has 0 aliphatic carbocycles. The van der Waals surface area contributed by atoms with Gasteiger partial charge in [-0.15, -0.1) is 0 Å². The van der Waals surface area contributed by atoms with Gasteiger partial charge in [-0.05, 0) is 18.9 Å². The molecular formula is C13H16N4. The Bertz CT molecular complexity index is 506. The molecule has 1 fully saturated rings. The van der Waals surface area contributed by atoms with Crippen LogP contribution in [-0.4, -0.2) is 28.1 Å². The molecule has 1 saturated heterocycles. The molecule has 0 unspecified atom stereocenters. The maximum absolute atomic E-state index is 4.51. The largest absolute Gasteiger partial charge is 0.287 e. The summed E-state index contributed by atoms with van der Waals surface area (Å²) in [6.45, 7) is 2.16. The number of piperidine rings is 1. The van der Waals surface area contributed by atoms with Crippen LogP contribution in [0.2, 0.25) is 0 Å². The number of hydrogen-bond acceptors (Lipinski definition) is 4. The molecule has 0 amide bonds. The van der Waals surface area contributed by atoms with E-state index in [-0.39, 0.29) is 0 Å². The second kappa shape index (κ2) is 4.67. The zero-order chi connectivity index (χ0) is 11.5. The van der Waals surface area contributed by atoms with Crippen LogP contribution >= 0.6 is 0 Å². The van der Waals surface area contributed by atoms with Crippen molar-refractivity contribution < 1.29 is 0 Å². The normalized spacial score (nSPS) is 17.2. The number of aromatic nitrogens is 2. The minimum absolute atomic E-state index is 0.700. The summed E-state index contributed by atoms with van der Waals surface area (Å²) in [5, 5.41) is 3.28. The van der Waals surface area contributed by atoms with Crippen LogP contribution in [0, 0.1) is 0 Å². The van der Waals surface area contributed by atoms with E-state index in [2.05, 4.69) is 20.4 Å². The fourth-order valence-corrected chi connectivity index (χ4v) is 2.17. The van der Waals surface area contributed by atoms with Crippen molar-refractivity contribution in [3.63, 3.8) is 0 Å². The molecule has 17 heavy (non-hydrogen) atoms. The third-order valence-corrected chi connectivity index (χ3v) is 3.10. The van der Waals surface area contributed by atoms with Crippen molar-refractivity contribution in [2.75, 3.05) is 18.5 Å². The summed E-state index contributed by atoms with van der Waals surface area (Å²) in [6, 6.07) is 8.04. The van der Waals surface area contributed by atoms with Crippen molar-refractivity contribution >= 4 is 16.9 Å². The molecule has 3 rings (SSSR count). The maximum Gasteiger partial charge on any atom is 0.238 e. The number of anilines is 1. The van der Waals surface area contributed by atoms with Gasteiger partial charge in [0.1, 0.15) is 0 Å². The number of hydrogen-bond donors (Lipinski definition) is 1. The van der Waals surface area contributed by atoms with E-state index in [1.807, 2.05) is 30.5 Å². The minimum Gasteiger partial charge on any atom is -0.287 e. The number of nitrogens with one attached hydrogen (secondary N) is 1. The first kappa shape index (κ1) is 10.5. The molecule has 1 aromatic carbocycles. The molecule has 0 saturated carbocycles. The molecule has 2 heterocycles. The fraction of sp³-hybridized carbons (Fsp3) is 0.385. The van der Waals surface area contributed by atoms with E-state index in [9.17, 15) is 0 Å². The Kier molecular flexibility index (Phi) is 2.88. The second-order valence-electron chi connectivity index (χ2n) is 4.41. The molecular weight excluding hydrogens is 212 g/mol. The molecule has 4 heteroatoms. The summed E-state index contributed by atoms with van der Waals surface area (Å²) < 4.78 is 0. The average molecular weight is 228 g/mol. The van der Waals surface area contributed by atoms with E-state index in [0.29, 0.717) is 5.95 Å². The average Bonchev–Trinajstić information content (AvgIpc) is 2.40. The van der Waals surface area contributed by atoms with Crippen LogP contribution in [-0.2, 0) is 0 Å². The lowest BCUT2D eigenvalue weighted by atomic mass is 10.2. The summed E-state index contributed by atoms with van der Waals surface area (Å²) in [6.07, 6.45) is 5.70. The van der Waals surface area contributed by atoms with E-state index in [1.165, 1.54) is 19.3 Å². The Morgan fingerprint density at radius 3 is 2.76 bits per heavy atom. The quantitative estimate of drug-likeness (QED) is 0.857. The highest BCUT2D eigenvalue weighted by atomic mass is 15.5. The molecule has 0 spiro atoms. The molecule has 0 atom stereocenters. The molecule has 1 aliphatic rings. The van der Waals surface area contributed by atoms with Gasteiger partial charge in [0.25, 0.3) is 0 Å². The number of benzene rings is 1. The van der Waals surface area contributed by atoms with E-state index in [4.69, 9.17) is 0 Å². The summed E-state index contributed by atoms with van der Waals surface area (Å²) in [4.78, 5) is 8.84. The predicted molar refractivity (Wildman–Crippen MR) is 68.6 cm³/mol. The van der Waals surface area contributed by atoms with Gasteiger partial charge in [-0.25, -0.2) is 15.0 Å². The third kappa shape index (κ3) is 2.36. The lowest BCUT2D eigenvalue weighted by Crippen LogP contribution is -2.35. The van der Waals surface area contributed by atoms with Crippen LogP contribution < -0.4 is 5.43 Å². The Morgan fingerprint density at radius 2 is 1.88 bits per heavy atom. The van der Waals surface area contributed by atoms with Gasteiger partial charge < -0.3 is 0 Å². The van der Waals surface area contributed by atoms with E-state index >= 15 is 0 Å². The molecule has 2 aromatic rings. The van der Waals surface area contributed by atoms with Gasteiger partial charge in [0.15, 0.2) is 0 Å². The van der Waals surface area contributed by atoms with Crippen LogP contribution in [0.1, 0.15) is 19.3 Å². The predicted octanol–water partition coefficient (Wildman–Crippen LogP) is 2.44. The van der Waals surface area contributed by atoms with Crippen molar-refractivity contribution in [3.8, 4) is 0 Å². The Hall–Kier alpha value is -1.68. The molecule has 88 valence electrons. The first-order valence-corrected chi connectivity index (χ1v) is 6.15. The molecule has 1 aliphatic heterocycles. The van der Waals surface area contributed by atoms with E-state index in [0.717, 1.165) is 24.0 Å². The topological polar surface area (TPSA) is 41.1 Å². The van der Waals surface area contributed by atoms with Crippen molar-refractivity contribution in [2.45, 2.75) is 19.3 Å². The van der Waals surface area contributed by atoms with Gasteiger partial charge in [-0.2, -0.15) is 0 Å². The van der Waals surface area contributed by atoms with E-state index in [1.54, 1.807) is 0 Å². The first-order chi connectivity index (χ1) is 8.42. The Morgan fingerprint density at radius 1 is 1.06 bits per heavy atom. The number of nitrogens with zero attached hydrogens (tertiary/aromatic N) is 3. The Labute approximate surface area is 101 Å². The summed E-state index contributed by atoms with van der Waals surface area (Å²) in [5.41, 5.74) is 4.27. The van der Waals surface area contributed by atoms with Crippen molar-refractivity contribution in [1.29, 1.82) is 0 Å². The van der Waals surface area contributed by atoms with E-state index < -0.39 is 0 Å².